The Kier molecular flexibility index (Phi) is 5.31. The molecule has 0 radical (unpaired) electrons. The normalized spacial score (nSPS) is 51.6. The molecule has 0 bridgehead atoms. The Morgan fingerprint density at radius 1 is 1.26 bits per heavy atom. The zero-order valence-corrected chi connectivity index (χ0v) is 19.5. The van der Waals surface area contributed by atoms with E-state index in [0.29, 0.717) is 0 Å². The third-order valence-electron chi connectivity index (χ3n) is 8.82. The van der Waals surface area contributed by atoms with Crippen LogP contribution >= 0.6 is 34.8 Å². The summed E-state index contributed by atoms with van der Waals surface area (Å²) in [6.45, 7) is 4.83. The van der Waals surface area contributed by atoms with Crippen molar-refractivity contribution in [3.8, 4) is 0 Å². The van der Waals surface area contributed by atoms with Crippen LogP contribution in [0.1, 0.15) is 40.0 Å². The molecular formula is C22H24Cl3F3O3. The third kappa shape index (κ3) is 2.59. The van der Waals surface area contributed by atoms with Gasteiger partial charge >= 0.3 is 0 Å². The van der Waals surface area contributed by atoms with E-state index in [-0.39, 0.29) is 29.9 Å². The minimum Gasteiger partial charge on any atom is -0.381 e. The molecule has 31 heavy (non-hydrogen) atoms. The number of allylic oxidation sites excluding steroid dienone is 4. The number of hydrogen-bond donors (Lipinski definition) is 1. The molecule has 4 aliphatic rings. The number of hydrogen-bond acceptors (Lipinski definition) is 3. The lowest BCUT2D eigenvalue weighted by Gasteiger charge is -2.64. The maximum atomic E-state index is 15.5. The van der Waals surface area contributed by atoms with Gasteiger partial charge in [-0.25, -0.2) is 13.2 Å². The molecule has 0 aromatic carbocycles. The molecule has 1 N–H and O–H groups in total. The molecule has 9 heteroatoms. The van der Waals surface area contributed by atoms with Gasteiger partial charge in [0.05, 0.1) is 15.3 Å². The minimum absolute atomic E-state index is 0.0161. The van der Waals surface area contributed by atoms with Gasteiger partial charge in [0.25, 0.3) is 6.43 Å². The number of halogens is 6. The highest BCUT2D eigenvalue weighted by molar-refractivity contribution is 6.45. The lowest BCUT2D eigenvalue weighted by molar-refractivity contribution is -0.176. The molecular weight excluding hydrogens is 476 g/mol. The number of Topliss-reactive ketones (excluding diaryl/α,β-unsaturated/α-hetero) is 1. The van der Waals surface area contributed by atoms with Gasteiger partial charge in [0, 0.05) is 10.8 Å². The Labute approximate surface area is 194 Å². The average Bonchev–Trinajstić information content (AvgIpc) is 2.88. The summed E-state index contributed by atoms with van der Waals surface area (Å²) in [6, 6.07) is 0. The summed E-state index contributed by atoms with van der Waals surface area (Å²) < 4.78 is 42.5. The number of ketones is 2. The summed E-state index contributed by atoms with van der Waals surface area (Å²) in [5.41, 5.74) is -4.69. The number of alkyl halides is 5. The molecule has 0 heterocycles. The number of aliphatic hydroxyl groups is 1. The van der Waals surface area contributed by atoms with Crippen LogP contribution in [-0.2, 0) is 9.59 Å². The second-order valence-electron chi connectivity index (χ2n) is 9.97. The SMILES string of the molecule is C[C@@H]1C[C@H]2[C@@H]3C[C@H](F)C4=C(Cl)C(=O)C=C[C@]4(C)[C@@]3(Cl)[C@@H](Cl)C[C@]2(C)[C@@]1(O)C(=O)C(F)F. The molecule has 0 aliphatic heterocycles. The topological polar surface area (TPSA) is 54.4 Å². The largest absolute Gasteiger partial charge is 0.381 e. The van der Waals surface area contributed by atoms with Crippen LogP contribution in [-0.4, -0.2) is 45.1 Å². The van der Waals surface area contributed by atoms with E-state index in [4.69, 9.17) is 34.8 Å². The van der Waals surface area contributed by atoms with Crippen LogP contribution in [0.25, 0.3) is 0 Å². The Balaban J connectivity index is 1.89. The average molecular weight is 500 g/mol. The van der Waals surface area contributed by atoms with E-state index in [1.165, 1.54) is 12.2 Å². The van der Waals surface area contributed by atoms with Gasteiger partial charge in [-0.1, -0.05) is 38.4 Å². The van der Waals surface area contributed by atoms with Gasteiger partial charge in [-0.05, 0) is 48.7 Å². The van der Waals surface area contributed by atoms with Crippen LogP contribution in [0.15, 0.2) is 22.8 Å². The van der Waals surface area contributed by atoms with E-state index in [1.54, 1.807) is 20.8 Å². The highest BCUT2D eigenvalue weighted by atomic mass is 35.5. The van der Waals surface area contributed by atoms with Gasteiger partial charge in [0.1, 0.15) is 11.8 Å². The second-order valence-corrected chi connectivity index (χ2v) is 11.5. The summed E-state index contributed by atoms with van der Waals surface area (Å²) in [6.07, 6.45) is -2.04. The van der Waals surface area contributed by atoms with Crippen LogP contribution in [0.2, 0.25) is 0 Å². The molecule has 3 saturated carbocycles. The maximum Gasteiger partial charge on any atom is 0.298 e. The summed E-state index contributed by atoms with van der Waals surface area (Å²) in [5, 5.41) is 10.3. The van der Waals surface area contributed by atoms with Crippen molar-refractivity contribution in [2.45, 2.75) is 68.5 Å². The van der Waals surface area contributed by atoms with Crippen molar-refractivity contribution in [3.05, 3.63) is 22.8 Å². The van der Waals surface area contributed by atoms with Crippen molar-refractivity contribution in [2.24, 2.45) is 28.6 Å². The molecule has 0 aromatic heterocycles. The fourth-order valence-electron chi connectivity index (χ4n) is 7.26. The fourth-order valence-corrected chi connectivity index (χ4v) is 8.83. The molecule has 3 nitrogen and oxygen atoms in total. The molecule has 4 rings (SSSR count). The third-order valence-corrected chi connectivity index (χ3v) is 10.8. The molecule has 172 valence electrons. The first kappa shape index (κ1) is 23.6. The first-order chi connectivity index (χ1) is 14.2. The Morgan fingerprint density at radius 3 is 2.45 bits per heavy atom. The van der Waals surface area contributed by atoms with Gasteiger partial charge in [-0.2, -0.15) is 0 Å². The van der Waals surface area contributed by atoms with Gasteiger partial charge in [0.2, 0.25) is 5.78 Å². The zero-order chi connectivity index (χ0) is 23.3. The molecule has 9 atom stereocenters. The van der Waals surface area contributed by atoms with Gasteiger partial charge in [0.15, 0.2) is 5.78 Å². The van der Waals surface area contributed by atoms with Crippen LogP contribution in [0.4, 0.5) is 13.2 Å². The predicted octanol–water partition coefficient (Wildman–Crippen LogP) is 5.20. The van der Waals surface area contributed by atoms with Crippen molar-refractivity contribution in [2.75, 3.05) is 0 Å². The minimum atomic E-state index is -3.34. The standard InChI is InChI=1S/C22H24Cl3F3O3/c1-9-6-10-11-7-12(26)15-16(24)13(29)4-5-19(15,2)21(11,25)14(23)8-20(10,3)22(9,31)17(30)18(27)28/h4-5,9-12,14,18,31H,6-8H2,1-3H3/t9-,10+,11+,12+,14+,19+,20+,21+,22+/m1/s1. The highest BCUT2D eigenvalue weighted by Crippen LogP contribution is 2.73. The van der Waals surface area contributed by atoms with Crippen LogP contribution < -0.4 is 0 Å². The molecule has 0 saturated heterocycles. The second kappa shape index (κ2) is 6.97. The maximum absolute atomic E-state index is 15.5. The first-order valence-electron chi connectivity index (χ1n) is 10.3. The fraction of sp³-hybridized carbons (Fsp3) is 0.727. The predicted molar refractivity (Wildman–Crippen MR) is 112 cm³/mol. The molecule has 3 fully saturated rings. The number of fused-ring (bicyclic) bond motifs is 5. The molecule has 0 unspecified atom stereocenters. The van der Waals surface area contributed by atoms with E-state index in [9.17, 15) is 23.5 Å². The quantitative estimate of drug-likeness (QED) is 0.532. The van der Waals surface area contributed by atoms with Crippen molar-refractivity contribution in [1.82, 2.24) is 0 Å². The van der Waals surface area contributed by atoms with E-state index >= 15 is 4.39 Å². The van der Waals surface area contributed by atoms with Gasteiger partial charge < -0.3 is 5.11 Å². The monoisotopic (exact) mass is 498 g/mol. The number of carbonyl (C=O) groups excluding carboxylic acids is 2. The van der Waals surface area contributed by atoms with Crippen molar-refractivity contribution >= 4 is 46.4 Å². The van der Waals surface area contributed by atoms with Crippen molar-refractivity contribution in [3.63, 3.8) is 0 Å². The molecule has 0 aromatic rings. The van der Waals surface area contributed by atoms with Crippen molar-refractivity contribution in [1.29, 1.82) is 0 Å². The molecule has 4 aliphatic carbocycles. The Bertz CT molecular complexity index is 923. The van der Waals surface area contributed by atoms with Crippen molar-refractivity contribution < 1.29 is 27.9 Å². The number of rotatable bonds is 2. The van der Waals surface area contributed by atoms with Gasteiger partial charge in [-0.15, -0.1) is 23.2 Å². The van der Waals surface area contributed by atoms with E-state index < -0.39 is 68.6 Å². The van der Waals surface area contributed by atoms with Gasteiger partial charge in [-0.3, -0.25) is 9.59 Å². The summed E-state index contributed by atoms with van der Waals surface area (Å²) in [5.74, 6) is -3.97. The molecule has 0 spiro atoms. The number of carbonyl (C=O) groups is 2. The summed E-state index contributed by atoms with van der Waals surface area (Å²) >= 11 is 20.3. The van der Waals surface area contributed by atoms with E-state index in [1.807, 2.05) is 0 Å². The highest BCUT2D eigenvalue weighted by Gasteiger charge is 2.76. The van der Waals surface area contributed by atoms with Crippen LogP contribution in [0.5, 0.6) is 0 Å². The van der Waals surface area contributed by atoms with E-state index in [0.717, 1.165) is 0 Å². The van der Waals surface area contributed by atoms with Crippen LogP contribution in [0.3, 0.4) is 0 Å². The summed E-state index contributed by atoms with van der Waals surface area (Å²) in [4.78, 5) is 23.3. The van der Waals surface area contributed by atoms with E-state index in [2.05, 4.69) is 0 Å². The molecule has 0 amide bonds. The Morgan fingerprint density at radius 2 is 1.87 bits per heavy atom. The lowest BCUT2D eigenvalue weighted by atomic mass is 9.46. The lowest BCUT2D eigenvalue weighted by Crippen LogP contribution is -2.69. The Hall–Kier alpha value is -0.560. The first-order valence-corrected chi connectivity index (χ1v) is 11.5. The zero-order valence-electron chi connectivity index (χ0n) is 17.3. The smallest absolute Gasteiger partial charge is 0.298 e. The summed E-state index contributed by atoms with van der Waals surface area (Å²) in [7, 11) is 0. The van der Waals surface area contributed by atoms with Crippen LogP contribution in [0, 0.1) is 28.6 Å².